The maximum absolute atomic E-state index is 5.84. The van der Waals surface area contributed by atoms with Crippen molar-refractivity contribution in [2.24, 2.45) is 0 Å². The monoisotopic (exact) mass is 208 g/mol. The van der Waals surface area contributed by atoms with Crippen molar-refractivity contribution in [2.45, 2.75) is 19.9 Å². The maximum Gasteiger partial charge on any atom is 0.166 e. The molecule has 5 heteroatoms. The molecule has 14 heavy (non-hydrogen) atoms. The van der Waals surface area contributed by atoms with E-state index in [1.807, 2.05) is 16.0 Å². The molecule has 0 atom stereocenters. The van der Waals surface area contributed by atoms with Gasteiger partial charge in [-0.1, -0.05) is 0 Å². The van der Waals surface area contributed by atoms with E-state index < -0.39 is 0 Å². The molecule has 0 aliphatic carbocycles. The highest BCUT2D eigenvalue weighted by atomic mass is 32.1. The molecule has 0 bridgehead atoms. The minimum Gasteiger partial charge on any atom is -0.390 e. The molecule has 2 aromatic heterocycles. The van der Waals surface area contributed by atoms with Gasteiger partial charge < -0.3 is 10.3 Å². The number of thiophene rings is 1. The van der Waals surface area contributed by atoms with Crippen molar-refractivity contribution in [1.82, 2.24) is 14.8 Å². The van der Waals surface area contributed by atoms with Gasteiger partial charge in [0, 0.05) is 6.04 Å². The summed E-state index contributed by atoms with van der Waals surface area (Å²) in [4.78, 5) is 0. The van der Waals surface area contributed by atoms with E-state index in [-0.39, 0.29) is 0 Å². The zero-order chi connectivity index (χ0) is 10.1. The van der Waals surface area contributed by atoms with Crippen LogP contribution in [0.3, 0.4) is 0 Å². The van der Waals surface area contributed by atoms with Crippen LogP contribution in [0, 0.1) is 0 Å². The summed E-state index contributed by atoms with van der Waals surface area (Å²) in [7, 11) is 0. The van der Waals surface area contributed by atoms with Crippen molar-refractivity contribution in [3.63, 3.8) is 0 Å². The highest BCUT2D eigenvalue weighted by Gasteiger charge is 2.12. The third kappa shape index (κ3) is 1.39. The predicted molar refractivity (Wildman–Crippen MR) is 58.1 cm³/mol. The van der Waals surface area contributed by atoms with Gasteiger partial charge in [-0.3, -0.25) is 0 Å². The topological polar surface area (TPSA) is 56.7 Å². The fourth-order valence-electron chi connectivity index (χ4n) is 1.32. The molecule has 0 radical (unpaired) electrons. The smallest absolute Gasteiger partial charge is 0.166 e. The zero-order valence-electron chi connectivity index (χ0n) is 8.14. The van der Waals surface area contributed by atoms with Crippen LogP contribution in [0.1, 0.15) is 19.9 Å². The molecule has 0 aromatic carbocycles. The molecular weight excluding hydrogens is 196 g/mol. The molecule has 2 rings (SSSR count). The van der Waals surface area contributed by atoms with Gasteiger partial charge in [-0.05, 0) is 25.3 Å². The Balaban J connectivity index is 2.52. The van der Waals surface area contributed by atoms with Gasteiger partial charge in [0.2, 0.25) is 0 Å². The molecule has 0 spiro atoms. The van der Waals surface area contributed by atoms with E-state index in [0.29, 0.717) is 6.04 Å². The SMILES string of the molecule is CC(C)n1cnnc1-c1ccsc1N. The van der Waals surface area contributed by atoms with Crippen molar-refractivity contribution in [1.29, 1.82) is 0 Å². The summed E-state index contributed by atoms with van der Waals surface area (Å²) in [6, 6.07) is 2.32. The number of rotatable bonds is 2. The Morgan fingerprint density at radius 3 is 2.86 bits per heavy atom. The average molecular weight is 208 g/mol. The number of hydrogen-bond donors (Lipinski definition) is 1. The Hall–Kier alpha value is -1.36. The fourth-order valence-corrected chi connectivity index (χ4v) is 1.96. The zero-order valence-corrected chi connectivity index (χ0v) is 8.95. The van der Waals surface area contributed by atoms with E-state index in [1.54, 1.807) is 6.33 Å². The van der Waals surface area contributed by atoms with Crippen LogP contribution < -0.4 is 5.73 Å². The van der Waals surface area contributed by atoms with E-state index in [1.165, 1.54) is 11.3 Å². The molecule has 0 aliphatic rings. The molecule has 2 N–H and O–H groups in total. The molecule has 0 saturated carbocycles. The molecule has 0 amide bonds. The van der Waals surface area contributed by atoms with Crippen molar-refractivity contribution in [2.75, 3.05) is 5.73 Å². The molecule has 0 unspecified atom stereocenters. The average Bonchev–Trinajstić information content (AvgIpc) is 2.70. The number of nitrogen functional groups attached to an aromatic ring is 1. The second-order valence-corrected chi connectivity index (χ2v) is 4.30. The lowest BCUT2D eigenvalue weighted by Gasteiger charge is -2.08. The summed E-state index contributed by atoms with van der Waals surface area (Å²) < 4.78 is 2.01. The number of hydrogen-bond acceptors (Lipinski definition) is 4. The van der Waals surface area contributed by atoms with Crippen molar-refractivity contribution in [3.05, 3.63) is 17.8 Å². The van der Waals surface area contributed by atoms with Gasteiger partial charge in [-0.25, -0.2) is 0 Å². The largest absolute Gasteiger partial charge is 0.390 e. The van der Waals surface area contributed by atoms with E-state index in [4.69, 9.17) is 5.73 Å². The minimum absolute atomic E-state index is 0.347. The second kappa shape index (κ2) is 3.42. The first-order valence-corrected chi connectivity index (χ1v) is 5.31. The van der Waals surface area contributed by atoms with Gasteiger partial charge in [-0.2, -0.15) is 0 Å². The van der Waals surface area contributed by atoms with Crippen LogP contribution in [0.15, 0.2) is 17.8 Å². The summed E-state index contributed by atoms with van der Waals surface area (Å²) in [5, 5.41) is 10.7. The Bertz CT molecular complexity index is 429. The third-order valence-electron chi connectivity index (χ3n) is 2.07. The molecule has 4 nitrogen and oxygen atoms in total. The first kappa shape index (κ1) is 9.21. The van der Waals surface area contributed by atoms with Gasteiger partial charge >= 0.3 is 0 Å². The lowest BCUT2D eigenvalue weighted by atomic mass is 10.3. The summed E-state index contributed by atoms with van der Waals surface area (Å²) in [5.41, 5.74) is 6.81. The molecule has 0 saturated heterocycles. The van der Waals surface area contributed by atoms with E-state index in [2.05, 4.69) is 24.0 Å². The van der Waals surface area contributed by atoms with E-state index in [9.17, 15) is 0 Å². The molecule has 2 aromatic rings. The fraction of sp³-hybridized carbons (Fsp3) is 0.333. The van der Waals surface area contributed by atoms with Gasteiger partial charge in [0.25, 0.3) is 0 Å². The summed E-state index contributed by atoms with van der Waals surface area (Å²) in [6.45, 7) is 4.19. The van der Waals surface area contributed by atoms with Gasteiger partial charge in [-0.15, -0.1) is 21.5 Å². The van der Waals surface area contributed by atoms with Crippen molar-refractivity contribution < 1.29 is 0 Å². The highest BCUT2D eigenvalue weighted by Crippen LogP contribution is 2.29. The highest BCUT2D eigenvalue weighted by molar-refractivity contribution is 7.14. The van der Waals surface area contributed by atoms with Gasteiger partial charge in [0.05, 0.1) is 10.6 Å². The number of aromatic nitrogens is 3. The van der Waals surface area contributed by atoms with Gasteiger partial charge in [0.15, 0.2) is 5.82 Å². The summed E-state index contributed by atoms with van der Waals surface area (Å²) in [6.07, 6.45) is 1.73. The molecule has 2 heterocycles. The van der Waals surface area contributed by atoms with Crippen molar-refractivity contribution >= 4 is 16.3 Å². The lowest BCUT2D eigenvalue weighted by molar-refractivity contribution is 0.604. The normalized spacial score (nSPS) is 11.1. The quantitative estimate of drug-likeness (QED) is 0.822. The van der Waals surface area contributed by atoms with Gasteiger partial charge in [0.1, 0.15) is 6.33 Å². The maximum atomic E-state index is 5.84. The van der Waals surface area contributed by atoms with Crippen LogP contribution >= 0.6 is 11.3 Å². The Labute approximate surface area is 86.4 Å². The van der Waals surface area contributed by atoms with Crippen LogP contribution in [-0.4, -0.2) is 14.8 Å². The predicted octanol–water partition coefficient (Wildman–Crippen LogP) is 2.17. The summed E-state index contributed by atoms with van der Waals surface area (Å²) in [5.74, 6) is 0.846. The molecule has 0 aliphatic heterocycles. The third-order valence-corrected chi connectivity index (χ3v) is 2.81. The van der Waals surface area contributed by atoms with Crippen LogP contribution in [0.5, 0.6) is 0 Å². The first-order valence-electron chi connectivity index (χ1n) is 4.43. The Kier molecular flexibility index (Phi) is 2.25. The van der Waals surface area contributed by atoms with E-state index in [0.717, 1.165) is 16.4 Å². The second-order valence-electron chi connectivity index (χ2n) is 3.35. The van der Waals surface area contributed by atoms with Crippen LogP contribution in [0.2, 0.25) is 0 Å². The Morgan fingerprint density at radius 2 is 2.29 bits per heavy atom. The number of nitrogens with two attached hydrogens (primary N) is 1. The Morgan fingerprint density at radius 1 is 1.50 bits per heavy atom. The van der Waals surface area contributed by atoms with Crippen LogP contribution in [0.4, 0.5) is 5.00 Å². The summed E-state index contributed by atoms with van der Waals surface area (Å²) >= 11 is 1.52. The van der Waals surface area contributed by atoms with Crippen molar-refractivity contribution in [3.8, 4) is 11.4 Å². The number of anilines is 1. The van der Waals surface area contributed by atoms with E-state index >= 15 is 0 Å². The van der Waals surface area contributed by atoms with Crippen LogP contribution in [0.25, 0.3) is 11.4 Å². The lowest BCUT2D eigenvalue weighted by Crippen LogP contribution is -2.02. The molecular formula is C9H12N4S. The minimum atomic E-state index is 0.347. The standard InChI is InChI=1S/C9H12N4S/c1-6(2)13-5-11-12-9(13)7-3-4-14-8(7)10/h3-6H,10H2,1-2H3. The molecule has 74 valence electrons. The molecule has 0 fully saturated rings. The number of nitrogens with zero attached hydrogens (tertiary/aromatic N) is 3. The van der Waals surface area contributed by atoms with Crippen LogP contribution in [-0.2, 0) is 0 Å². The first-order chi connectivity index (χ1) is 6.70.